The molecular formula is C15H16FNO. The number of hydrogen-bond acceptors (Lipinski definition) is 2. The molecule has 1 fully saturated rings. The van der Waals surface area contributed by atoms with Gasteiger partial charge in [0.1, 0.15) is 11.6 Å². The maximum absolute atomic E-state index is 13.4. The number of pyridine rings is 1. The van der Waals surface area contributed by atoms with Crippen LogP contribution in [0.15, 0.2) is 18.2 Å². The lowest BCUT2D eigenvalue weighted by Gasteiger charge is -2.15. The lowest BCUT2D eigenvalue weighted by atomic mass is 10.0. The lowest BCUT2D eigenvalue weighted by Crippen LogP contribution is -2.01. The zero-order valence-electron chi connectivity index (χ0n) is 10.7. The molecule has 94 valence electrons. The van der Waals surface area contributed by atoms with Crippen LogP contribution < -0.4 is 4.74 Å². The van der Waals surface area contributed by atoms with Crippen LogP contribution in [-0.4, -0.2) is 12.1 Å². The van der Waals surface area contributed by atoms with Crippen molar-refractivity contribution in [2.75, 3.05) is 7.11 Å². The van der Waals surface area contributed by atoms with E-state index in [1.54, 1.807) is 13.2 Å². The number of nitrogens with zero attached hydrogens (tertiary/aromatic N) is 1. The smallest absolute Gasteiger partial charge is 0.133 e. The lowest BCUT2D eigenvalue weighted by molar-refractivity contribution is 0.413. The van der Waals surface area contributed by atoms with E-state index in [1.165, 1.54) is 30.5 Å². The number of rotatable bonds is 3. The number of halogens is 1. The van der Waals surface area contributed by atoms with Crippen LogP contribution in [0.5, 0.6) is 5.75 Å². The van der Waals surface area contributed by atoms with E-state index >= 15 is 0 Å². The standard InChI is InChI=1S/C15H16FNO/c1-3-12-14(9-4-5-9)15(18-2)11-8-10(16)6-7-13(11)17-12/h6-9H,3-5H2,1-2H3. The minimum atomic E-state index is -0.242. The summed E-state index contributed by atoms with van der Waals surface area (Å²) in [5.74, 6) is 1.13. The van der Waals surface area contributed by atoms with Gasteiger partial charge in [0.15, 0.2) is 0 Å². The van der Waals surface area contributed by atoms with Gasteiger partial charge < -0.3 is 4.74 Å². The predicted molar refractivity (Wildman–Crippen MR) is 69.6 cm³/mol. The molecule has 0 aliphatic heterocycles. The van der Waals surface area contributed by atoms with Crippen LogP contribution in [0.25, 0.3) is 10.9 Å². The van der Waals surface area contributed by atoms with Crippen molar-refractivity contribution in [3.05, 3.63) is 35.3 Å². The van der Waals surface area contributed by atoms with Crippen molar-refractivity contribution in [2.24, 2.45) is 0 Å². The molecule has 1 saturated carbocycles. The van der Waals surface area contributed by atoms with E-state index in [-0.39, 0.29) is 5.82 Å². The van der Waals surface area contributed by atoms with Crippen LogP contribution >= 0.6 is 0 Å². The molecule has 0 bridgehead atoms. The number of fused-ring (bicyclic) bond motifs is 1. The molecule has 1 aromatic carbocycles. The topological polar surface area (TPSA) is 22.1 Å². The maximum atomic E-state index is 13.4. The second-order valence-corrected chi connectivity index (χ2v) is 4.79. The van der Waals surface area contributed by atoms with Gasteiger partial charge in [-0.05, 0) is 43.4 Å². The Balaban J connectivity index is 2.35. The summed E-state index contributed by atoms with van der Waals surface area (Å²) in [5, 5.41) is 0.789. The summed E-state index contributed by atoms with van der Waals surface area (Å²) in [4.78, 5) is 4.66. The van der Waals surface area contributed by atoms with Crippen LogP contribution in [0.3, 0.4) is 0 Å². The molecule has 0 radical (unpaired) electrons. The van der Waals surface area contributed by atoms with Gasteiger partial charge in [-0.2, -0.15) is 0 Å². The van der Waals surface area contributed by atoms with Gasteiger partial charge in [0.25, 0.3) is 0 Å². The summed E-state index contributed by atoms with van der Waals surface area (Å²) in [6.07, 6.45) is 3.26. The number of aryl methyl sites for hydroxylation is 1. The number of ether oxygens (including phenoxy) is 1. The van der Waals surface area contributed by atoms with Crippen molar-refractivity contribution < 1.29 is 9.13 Å². The molecule has 1 aliphatic rings. The monoisotopic (exact) mass is 245 g/mol. The van der Waals surface area contributed by atoms with E-state index in [0.717, 1.165) is 28.8 Å². The molecular weight excluding hydrogens is 229 g/mol. The molecule has 0 unspecified atom stereocenters. The molecule has 3 rings (SSSR count). The second-order valence-electron chi connectivity index (χ2n) is 4.79. The Morgan fingerprint density at radius 2 is 2.17 bits per heavy atom. The fourth-order valence-electron chi connectivity index (χ4n) is 2.55. The van der Waals surface area contributed by atoms with Gasteiger partial charge in [-0.1, -0.05) is 6.92 Å². The van der Waals surface area contributed by atoms with Gasteiger partial charge in [-0.3, -0.25) is 4.98 Å². The van der Waals surface area contributed by atoms with Crippen molar-refractivity contribution in [2.45, 2.75) is 32.1 Å². The molecule has 2 aromatic rings. The van der Waals surface area contributed by atoms with E-state index in [9.17, 15) is 4.39 Å². The minimum absolute atomic E-state index is 0.242. The first kappa shape index (κ1) is 11.5. The largest absolute Gasteiger partial charge is 0.496 e. The van der Waals surface area contributed by atoms with Crippen LogP contribution in [0.4, 0.5) is 4.39 Å². The third-order valence-electron chi connectivity index (χ3n) is 3.54. The van der Waals surface area contributed by atoms with E-state index in [4.69, 9.17) is 4.74 Å². The third-order valence-corrected chi connectivity index (χ3v) is 3.54. The summed E-state index contributed by atoms with van der Waals surface area (Å²) in [7, 11) is 1.66. The summed E-state index contributed by atoms with van der Waals surface area (Å²) in [5.41, 5.74) is 3.10. The molecule has 1 aliphatic carbocycles. The first-order valence-corrected chi connectivity index (χ1v) is 6.40. The Morgan fingerprint density at radius 1 is 1.39 bits per heavy atom. The summed E-state index contributed by atoms with van der Waals surface area (Å²) in [6.45, 7) is 2.10. The third kappa shape index (κ3) is 1.74. The van der Waals surface area contributed by atoms with Crippen LogP contribution in [0, 0.1) is 5.82 Å². The van der Waals surface area contributed by atoms with Crippen molar-refractivity contribution in [3.63, 3.8) is 0 Å². The van der Waals surface area contributed by atoms with Crippen molar-refractivity contribution in [3.8, 4) is 5.75 Å². The summed E-state index contributed by atoms with van der Waals surface area (Å²) >= 11 is 0. The molecule has 0 atom stereocenters. The second kappa shape index (κ2) is 4.23. The molecule has 0 N–H and O–H groups in total. The quantitative estimate of drug-likeness (QED) is 0.820. The average Bonchev–Trinajstić information content (AvgIpc) is 3.20. The van der Waals surface area contributed by atoms with E-state index in [2.05, 4.69) is 11.9 Å². The highest BCUT2D eigenvalue weighted by molar-refractivity contribution is 5.87. The minimum Gasteiger partial charge on any atom is -0.496 e. The van der Waals surface area contributed by atoms with Crippen LogP contribution in [0.2, 0.25) is 0 Å². The predicted octanol–water partition coefficient (Wildman–Crippen LogP) is 3.82. The Kier molecular flexibility index (Phi) is 2.69. The first-order valence-electron chi connectivity index (χ1n) is 6.40. The highest BCUT2D eigenvalue weighted by Gasteiger charge is 2.31. The zero-order chi connectivity index (χ0) is 12.7. The van der Waals surface area contributed by atoms with Gasteiger partial charge in [0.2, 0.25) is 0 Å². The number of hydrogen-bond donors (Lipinski definition) is 0. The Labute approximate surface area is 106 Å². The number of aromatic nitrogens is 1. The highest BCUT2D eigenvalue weighted by atomic mass is 19.1. The van der Waals surface area contributed by atoms with E-state index in [0.29, 0.717) is 5.92 Å². The maximum Gasteiger partial charge on any atom is 0.133 e. The number of benzene rings is 1. The van der Waals surface area contributed by atoms with Crippen LogP contribution in [0.1, 0.15) is 36.9 Å². The summed E-state index contributed by atoms with van der Waals surface area (Å²) in [6, 6.07) is 4.69. The molecule has 1 heterocycles. The van der Waals surface area contributed by atoms with Gasteiger partial charge in [-0.15, -0.1) is 0 Å². The SMILES string of the molecule is CCc1nc2ccc(F)cc2c(OC)c1C1CC1. The van der Waals surface area contributed by atoms with Crippen molar-refractivity contribution in [1.82, 2.24) is 4.98 Å². The van der Waals surface area contributed by atoms with Gasteiger partial charge in [-0.25, -0.2) is 4.39 Å². The van der Waals surface area contributed by atoms with Crippen molar-refractivity contribution >= 4 is 10.9 Å². The molecule has 0 spiro atoms. The first-order chi connectivity index (χ1) is 8.74. The Bertz CT molecular complexity index is 605. The Hall–Kier alpha value is -1.64. The molecule has 3 heteroatoms. The van der Waals surface area contributed by atoms with Gasteiger partial charge in [0, 0.05) is 16.6 Å². The number of methoxy groups -OCH3 is 1. The van der Waals surface area contributed by atoms with Gasteiger partial charge in [0.05, 0.1) is 12.6 Å². The van der Waals surface area contributed by atoms with E-state index < -0.39 is 0 Å². The normalized spacial score (nSPS) is 15.1. The Morgan fingerprint density at radius 3 is 2.78 bits per heavy atom. The fraction of sp³-hybridized carbons (Fsp3) is 0.400. The van der Waals surface area contributed by atoms with Crippen LogP contribution in [-0.2, 0) is 6.42 Å². The molecule has 0 saturated heterocycles. The van der Waals surface area contributed by atoms with Gasteiger partial charge >= 0.3 is 0 Å². The molecule has 0 amide bonds. The fourth-order valence-corrected chi connectivity index (χ4v) is 2.55. The van der Waals surface area contributed by atoms with E-state index in [1.807, 2.05) is 0 Å². The molecule has 18 heavy (non-hydrogen) atoms. The molecule has 2 nitrogen and oxygen atoms in total. The summed E-state index contributed by atoms with van der Waals surface area (Å²) < 4.78 is 19.0. The average molecular weight is 245 g/mol. The highest BCUT2D eigenvalue weighted by Crippen LogP contribution is 2.47. The van der Waals surface area contributed by atoms with Crippen molar-refractivity contribution in [1.29, 1.82) is 0 Å². The zero-order valence-corrected chi connectivity index (χ0v) is 10.7. The molecule has 1 aromatic heterocycles.